The van der Waals surface area contributed by atoms with Crippen LogP contribution in [0.5, 0.6) is 5.75 Å². The van der Waals surface area contributed by atoms with E-state index in [1.807, 2.05) is 24.3 Å². The topological polar surface area (TPSA) is 35.5 Å². The molecule has 0 aliphatic rings. The van der Waals surface area contributed by atoms with E-state index in [9.17, 15) is 4.79 Å². The third-order valence-corrected chi connectivity index (χ3v) is 2.79. The van der Waals surface area contributed by atoms with Gasteiger partial charge < -0.3 is 9.47 Å². The number of methoxy groups -OCH3 is 1. The van der Waals surface area contributed by atoms with Gasteiger partial charge in [-0.05, 0) is 30.5 Å². The summed E-state index contributed by atoms with van der Waals surface area (Å²) in [4.78, 5) is 11.0. The number of ether oxygens (including phenoxy) is 2. The van der Waals surface area contributed by atoms with Crippen LogP contribution >= 0.6 is 0 Å². The maximum atomic E-state index is 11.0. The number of carbonyl (C=O) groups excluding carboxylic acids is 1. The van der Waals surface area contributed by atoms with E-state index in [2.05, 4.69) is 11.7 Å². The number of unbranched alkanes of at least 4 members (excludes halogenated alkanes) is 2. The monoisotopic (exact) mass is 250 g/mol. The molecule has 0 spiro atoms. The maximum Gasteiger partial charge on any atom is 0.305 e. The molecule has 3 nitrogen and oxygen atoms in total. The van der Waals surface area contributed by atoms with Crippen LogP contribution in [0.2, 0.25) is 0 Å². The lowest BCUT2D eigenvalue weighted by molar-refractivity contribution is -0.140. The van der Waals surface area contributed by atoms with Crippen LogP contribution in [0.4, 0.5) is 0 Å². The van der Waals surface area contributed by atoms with Gasteiger partial charge in [0, 0.05) is 6.42 Å². The second-order valence-corrected chi connectivity index (χ2v) is 4.28. The highest BCUT2D eigenvalue weighted by atomic mass is 16.5. The molecule has 0 saturated heterocycles. The van der Waals surface area contributed by atoms with Gasteiger partial charge in [0.25, 0.3) is 0 Å². The highest BCUT2D eigenvalue weighted by Gasteiger charge is 2.01. The molecule has 0 bridgehead atoms. The van der Waals surface area contributed by atoms with E-state index in [4.69, 9.17) is 4.74 Å². The van der Waals surface area contributed by atoms with E-state index in [-0.39, 0.29) is 5.97 Å². The van der Waals surface area contributed by atoms with E-state index < -0.39 is 0 Å². The van der Waals surface area contributed by atoms with Gasteiger partial charge in [-0.2, -0.15) is 0 Å². The molecule has 0 amide bonds. The predicted octanol–water partition coefficient (Wildman–Crippen LogP) is 3.36. The minimum atomic E-state index is -0.171. The van der Waals surface area contributed by atoms with Crippen molar-refractivity contribution in [3.05, 3.63) is 29.8 Å². The molecule has 0 heterocycles. The molecule has 0 aliphatic carbocycles. The number of hydrogen-bond donors (Lipinski definition) is 0. The first kappa shape index (κ1) is 14.6. The number of aryl methyl sites for hydroxylation is 1. The van der Waals surface area contributed by atoms with Crippen molar-refractivity contribution in [1.29, 1.82) is 0 Å². The molecule has 3 heteroatoms. The smallest absolute Gasteiger partial charge is 0.305 e. The number of carbonyl (C=O) groups is 1. The Balaban J connectivity index is 2.31. The maximum absolute atomic E-state index is 11.0. The Labute approximate surface area is 109 Å². The first-order chi connectivity index (χ1) is 8.76. The normalized spacial score (nSPS) is 10.1. The Morgan fingerprint density at radius 2 is 1.89 bits per heavy atom. The van der Waals surface area contributed by atoms with E-state index in [0.717, 1.165) is 24.3 Å². The van der Waals surface area contributed by atoms with Crippen molar-refractivity contribution in [2.45, 2.75) is 39.0 Å². The summed E-state index contributed by atoms with van der Waals surface area (Å²) in [6, 6.07) is 7.91. The van der Waals surface area contributed by atoms with Crippen LogP contribution in [-0.2, 0) is 16.0 Å². The lowest BCUT2D eigenvalue weighted by Gasteiger charge is -2.06. The van der Waals surface area contributed by atoms with Gasteiger partial charge in [0.15, 0.2) is 0 Å². The van der Waals surface area contributed by atoms with E-state index in [1.54, 1.807) is 0 Å². The largest absolute Gasteiger partial charge is 0.494 e. The second kappa shape index (κ2) is 8.56. The first-order valence-corrected chi connectivity index (χ1v) is 6.54. The number of esters is 1. The van der Waals surface area contributed by atoms with Crippen LogP contribution < -0.4 is 4.74 Å². The molecule has 0 radical (unpaired) electrons. The predicted molar refractivity (Wildman–Crippen MR) is 71.8 cm³/mol. The third-order valence-electron chi connectivity index (χ3n) is 2.79. The summed E-state index contributed by atoms with van der Waals surface area (Å²) in [7, 11) is 1.41. The molecule has 0 aliphatic heterocycles. The number of hydrogen-bond acceptors (Lipinski definition) is 3. The highest BCUT2D eigenvalue weighted by molar-refractivity contribution is 5.69. The van der Waals surface area contributed by atoms with Gasteiger partial charge in [-0.1, -0.05) is 31.9 Å². The quantitative estimate of drug-likeness (QED) is 0.524. The highest BCUT2D eigenvalue weighted by Crippen LogP contribution is 2.14. The third kappa shape index (κ3) is 5.71. The van der Waals surface area contributed by atoms with Crippen LogP contribution in [0.1, 0.15) is 38.2 Å². The zero-order valence-electron chi connectivity index (χ0n) is 11.3. The summed E-state index contributed by atoms with van der Waals surface area (Å²) in [5, 5.41) is 0. The molecule has 0 unspecified atom stereocenters. The van der Waals surface area contributed by atoms with Crippen molar-refractivity contribution >= 4 is 5.97 Å². The number of rotatable bonds is 8. The molecule has 1 aromatic rings. The Hall–Kier alpha value is -1.51. The Morgan fingerprint density at radius 3 is 2.50 bits per heavy atom. The average molecular weight is 250 g/mol. The van der Waals surface area contributed by atoms with Gasteiger partial charge >= 0.3 is 5.97 Å². The fourth-order valence-corrected chi connectivity index (χ4v) is 1.64. The minimum Gasteiger partial charge on any atom is -0.494 e. The van der Waals surface area contributed by atoms with Crippen LogP contribution in [0.15, 0.2) is 24.3 Å². The summed E-state index contributed by atoms with van der Waals surface area (Å²) < 4.78 is 10.2. The molecular weight excluding hydrogens is 228 g/mol. The van der Waals surface area contributed by atoms with Gasteiger partial charge in [-0.25, -0.2) is 0 Å². The van der Waals surface area contributed by atoms with Gasteiger partial charge in [0.2, 0.25) is 0 Å². The van der Waals surface area contributed by atoms with Crippen LogP contribution in [0.25, 0.3) is 0 Å². The molecule has 0 N–H and O–H groups in total. The number of benzene rings is 1. The van der Waals surface area contributed by atoms with Crippen molar-refractivity contribution < 1.29 is 14.3 Å². The van der Waals surface area contributed by atoms with E-state index in [1.165, 1.54) is 20.0 Å². The van der Waals surface area contributed by atoms with Crippen LogP contribution in [-0.4, -0.2) is 19.7 Å². The summed E-state index contributed by atoms with van der Waals surface area (Å²) >= 11 is 0. The van der Waals surface area contributed by atoms with Gasteiger partial charge in [0.05, 0.1) is 13.7 Å². The van der Waals surface area contributed by atoms with Crippen molar-refractivity contribution in [2.75, 3.05) is 13.7 Å². The standard InChI is InChI=1S/C15H22O3/c1-3-4-5-12-18-14-9-6-13(7-10-14)8-11-15(16)17-2/h6-7,9-10H,3-5,8,11-12H2,1-2H3. The van der Waals surface area contributed by atoms with Crippen molar-refractivity contribution in [3.8, 4) is 5.75 Å². The second-order valence-electron chi connectivity index (χ2n) is 4.28. The van der Waals surface area contributed by atoms with E-state index >= 15 is 0 Å². The lowest BCUT2D eigenvalue weighted by atomic mass is 10.1. The fraction of sp³-hybridized carbons (Fsp3) is 0.533. The van der Waals surface area contributed by atoms with Crippen molar-refractivity contribution in [3.63, 3.8) is 0 Å². The van der Waals surface area contributed by atoms with Gasteiger partial charge in [-0.3, -0.25) is 4.79 Å². The molecule has 100 valence electrons. The Morgan fingerprint density at radius 1 is 1.17 bits per heavy atom. The molecule has 0 aromatic heterocycles. The molecule has 1 rings (SSSR count). The molecule has 0 fully saturated rings. The van der Waals surface area contributed by atoms with Crippen molar-refractivity contribution in [2.24, 2.45) is 0 Å². The fourth-order valence-electron chi connectivity index (χ4n) is 1.64. The zero-order chi connectivity index (χ0) is 13.2. The first-order valence-electron chi connectivity index (χ1n) is 6.54. The average Bonchev–Trinajstić information content (AvgIpc) is 2.42. The van der Waals surface area contributed by atoms with E-state index in [0.29, 0.717) is 12.8 Å². The molecule has 0 atom stereocenters. The minimum absolute atomic E-state index is 0.171. The lowest BCUT2D eigenvalue weighted by Crippen LogP contribution is -2.02. The molecule has 0 saturated carbocycles. The molecule has 1 aromatic carbocycles. The van der Waals surface area contributed by atoms with Crippen LogP contribution in [0.3, 0.4) is 0 Å². The Kier molecular flexibility index (Phi) is 6.92. The van der Waals surface area contributed by atoms with Crippen molar-refractivity contribution in [1.82, 2.24) is 0 Å². The summed E-state index contributed by atoms with van der Waals surface area (Å²) in [6.07, 6.45) is 4.64. The molecular formula is C15H22O3. The Bertz CT molecular complexity index is 343. The summed E-state index contributed by atoms with van der Waals surface area (Å²) in [5.41, 5.74) is 1.13. The SMILES string of the molecule is CCCCCOc1ccc(CCC(=O)OC)cc1. The summed E-state index contributed by atoms with van der Waals surface area (Å²) in [5.74, 6) is 0.725. The molecule has 18 heavy (non-hydrogen) atoms. The van der Waals surface area contributed by atoms with Crippen LogP contribution in [0, 0.1) is 0 Å². The summed E-state index contributed by atoms with van der Waals surface area (Å²) in [6.45, 7) is 2.95. The van der Waals surface area contributed by atoms with Gasteiger partial charge in [0.1, 0.15) is 5.75 Å². The zero-order valence-corrected chi connectivity index (χ0v) is 11.3. The van der Waals surface area contributed by atoms with Gasteiger partial charge in [-0.15, -0.1) is 0 Å².